The molecule has 1 aliphatic heterocycles. The molecule has 2 nitrogen and oxygen atoms in total. The van der Waals surface area contributed by atoms with Gasteiger partial charge < -0.3 is 5.32 Å². The minimum absolute atomic E-state index is 0.0644. The van der Waals surface area contributed by atoms with Crippen LogP contribution in [0.25, 0.3) is 0 Å². The maximum Gasteiger partial charge on any atom is 0.128 e. The molecule has 0 saturated carbocycles. The Morgan fingerprint density at radius 3 is 2.89 bits per heavy atom. The second-order valence-electron chi connectivity index (χ2n) is 5.76. The van der Waals surface area contributed by atoms with Crippen molar-refractivity contribution in [3.63, 3.8) is 0 Å². The van der Waals surface area contributed by atoms with Gasteiger partial charge in [-0.25, -0.2) is 4.39 Å². The van der Waals surface area contributed by atoms with Crippen molar-refractivity contribution in [1.29, 1.82) is 0 Å². The molecule has 0 aromatic heterocycles. The van der Waals surface area contributed by atoms with Crippen LogP contribution < -0.4 is 5.32 Å². The van der Waals surface area contributed by atoms with Crippen molar-refractivity contribution in [1.82, 2.24) is 10.2 Å². The molecule has 1 N–H and O–H groups in total. The minimum atomic E-state index is -0.0644. The van der Waals surface area contributed by atoms with Gasteiger partial charge in [0.05, 0.1) is 0 Å². The Bertz CT molecular complexity index is 419. The van der Waals surface area contributed by atoms with Gasteiger partial charge in [-0.3, -0.25) is 4.90 Å². The number of hydrogen-bond donors (Lipinski definition) is 1. The first kappa shape index (κ1) is 14.5. The molecule has 1 fully saturated rings. The fourth-order valence-corrected chi connectivity index (χ4v) is 3.28. The highest BCUT2D eigenvalue weighted by Crippen LogP contribution is 2.35. The Morgan fingerprint density at radius 1 is 1.37 bits per heavy atom. The van der Waals surface area contributed by atoms with Crippen molar-refractivity contribution < 1.29 is 4.39 Å². The quantitative estimate of drug-likeness (QED) is 0.902. The predicted molar refractivity (Wildman–Crippen MR) is 77.8 cm³/mol. The number of nitrogens with one attached hydrogen (secondary N) is 1. The van der Waals surface area contributed by atoms with Crippen LogP contribution in [0.5, 0.6) is 0 Å². The summed E-state index contributed by atoms with van der Waals surface area (Å²) in [4.78, 5) is 2.33. The lowest BCUT2D eigenvalue weighted by atomic mass is 9.88. The van der Waals surface area contributed by atoms with Crippen LogP contribution in [-0.2, 0) is 0 Å². The van der Waals surface area contributed by atoms with Crippen molar-refractivity contribution in [2.24, 2.45) is 5.92 Å². The van der Waals surface area contributed by atoms with E-state index in [0.29, 0.717) is 5.92 Å². The van der Waals surface area contributed by atoms with Crippen molar-refractivity contribution in [3.8, 4) is 0 Å². The molecule has 0 aliphatic carbocycles. The van der Waals surface area contributed by atoms with Crippen molar-refractivity contribution >= 4 is 0 Å². The topological polar surface area (TPSA) is 15.3 Å². The van der Waals surface area contributed by atoms with E-state index in [0.717, 1.165) is 24.2 Å². The summed E-state index contributed by atoms with van der Waals surface area (Å²) in [6.45, 7) is 4.04. The van der Waals surface area contributed by atoms with Crippen LogP contribution in [0, 0.1) is 18.7 Å². The maximum atomic E-state index is 14.2. The first-order valence-corrected chi connectivity index (χ1v) is 7.24. The van der Waals surface area contributed by atoms with Gasteiger partial charge in [0.2, 0.25) is 0 Å². The van der Waals surface area contributed by atoms with E-state index >= 15 is 0 Å². The van der Waals surface area contributed by atoms with E-state index < -0.39 is 0 Å². The third kappa shape index (κ3) is 3.34. The lowest BCUT2D eigenvalue weighted by Gasteiger charge is -2.33. The van der Waals surface area contributed by atoms with Crippen molar-refractivity contribution in [2.45, 2.75) is 32.2 Å². The van der Waals surface area contributed by atoms with E-state index in [2.05, 4.69) is 17.3 Å². The van der Waals surface area contributed by atoms with E-state index in [-0.39, 0.29) is 11.9 Å². The van der Waals surface area contributed by atoms with E-state index in [9.17, 15) is 4.39 Å². The van der Waals surface area contributed by atoms with Crippen LogP contribution in [0.3, 0.4) is 0 Å². The highest BCUT2D eigenvalue weighted by Gasteiger charge is 2.30. The number of likely N-dealkylation sites (tertiary alicyclic amines) is 1. The first-order chi connectivity index (χ1) is 9.13. The lowest BCUT2D eigenvalue weighted by molar-refractivity contribution is 0.186. The summed E-state index contributed by atoms with van der Waals surface area (Å²) >= 11 is 0. The largest absolute Gasteiger partial charge is 0.319 e. The molecule has 2 rings (SSSR count). The molecule has 106 valence electrons. The number of benzene rings is 1. The van der Waals surface area contributed by atoms with Gasteiger partial charge >= 0.3 is 0 Å². The van der Waals surface area contributed by atoms with Crippen LogP contribution in [0.4, 0.5) is 4.39 Å². The molecule has 1 aliphatic rings. The average Bonchev–Trinajstić information content (AvgIpc) is 2.55. The summed E-state index contributed by atoms with van der Waals surface area (Å²) in [5.74, 6) is 0.416. The molecule has 0 amide bonds. The molecule has 19 heavy (non-hydrogen) atoms. The lowest BCUT2D eigenvalue weighted by Crippen LogP contribution is -2.34. The molecule has 1 saturated heterocycles. The number of rotatable bonds is 3. The molecule has 1 aromatic rings. The zero-order valence-electron chi connectivity index (χ0n) is 12.2. The van der Waals surface area contributed by atoms with Crippen LogP contribution >= 0.6 is 0 Å². The van der Waals surface area contributed by atoms with Gasteiger partial charge in [0, 0.05) is 11.6 Å². The van der Waals surface area contributed by atoms with Gasteiger partial charge in [-0.15, -0.1) is 0 Å². The normalized spacial score (nSPS) is 25.3. The molecule has 1 heterocycles. The summed E-state index contributed by atoms with van der Waals surface area (Å²) < 4.78 is 14.2. The molecule has 2 atom stereocenters. The predicted octanol–water partition coefficient (Wildman–Crippen LogP) is 3.13. The molecular weight excluding hydrogens is 239 g/mol. The fourth-order valence-electron chi connectivity index (χ4n) is 3.28. The Labute approximate surface area is 116 Å². The Hall–Kier alpha value is -0.930. The van der Waals surface area contributed by atoms with Gasteiger partial charge in [-0.1, -0.05) is 24.1 Å². The van der Waals surface area contributed by atoms with Gasteiger partial charge in [-0.05, 0) is 58.9 Å². The standard InChI is InChI=1S/C16H25FN2/c1-12-7-8-15(17)14(10-12)16-13(11-18-2)6-4-5-9-19(16)3/h7-8,10,13,16,18H,4-6,9,11H2,1-3H3. The number of aryl methyl sites for hydroxylation is 1. The summed E-state index contributed by atoms with van der Waals surface area (Å²) in [5.41, 5.74) is 2.00. The van der Waals surface area contributed by atoms with Gasteiger partial charge in [0.15, 0.2) is 0 Å². The molecular formula is C16H25FN2. The van der Waals surface area contributed by atoms with Crippen molar-refractivity contribution in [3.05, 3.63) is 35.1 Å². The fraction of sp³-hybridized carbons (Fsp3) is 0.625. The van der Waals surface area contributed by atoms with E-state index in [1.165, 1.54) is 19.3 Å². The third-order valence-electron chi connectivity index (χ3n) is 4.19. The zero-order valence-corrected chi connectivity index (χ0v) is 12.2. The van der Waals surface area contributed by atoms with Gasteiger partial charge in [-0.2, -0.15) is 0 Å². The monoisotopic (exact) mass is 264 g/mol. The molecule has 3 heteroatoms. The van der Waals surface area contributed by atoms with Crippen LogP contribution in [-0.4, -0.2) is 32.1 Å². The van der Waals surface area contributed by atoms with Gasteiger partial charge in [0.25, 0.3) is 0 Å². The highest BCUT2D eigenvalue weighted by atomic mass is 19.1. The first-order valence-electron chi connectivity index (χ1n) is 7.24. The molecule has 0 bridgehead atoms. The third-order valence-corrected chi connectivity index (χ3v) is 4.19. The average molecular weight is 264 g/mol. The summed E-state index contributed by atoms with van der Waals surface area (Å²) in [7, 11) is 4.11. The van der Waals surface area contributed by atoms with E-state index in [1.54, 1.807) is 6.07 Å². The Morgan fingerprint density at radius 2 is 2.16 bits per heavy atom. The number of halogens is 1. The van der Waals surface area contributed by atoms with Crippen molar-refractivity contribution in [2.75, 3.05) is 27.2 Å². The van der Waals surface area contributed by atoms with Crippen LogP contribution in [0.15, 0.2) is 18.2 Å². The van der Waals surface area contributed by atoms with Crippen LogP contribution in [0.1, 0.15) is 36.4 Å². The molecule has 2 unspecified atom stereocenters. The van der Waals surface area contributed by atoms with E-state index in [4.69, 9.17) is 0 Å². The highest BCUT2D eigenvalue weighted by molar-refractivity contribution is 5.27. The smallest absolute Gasteiger partial charge is 0.128 e. The summed E-state index contributed by atoms with van der Waals surface area (Å²) in [6.07, 6.45) is 3.62. The minimum Gasteiger partial charge on any atom is -0.319 e. The maximum absolute atomic E-state index is 14.2. The van der Waals surface area contributed by atoms with E-state index in [1.807, 2.05) is 26.1 Å². The second kappa shape index (κ2) is 6.49. The second-order valence-corrected chi connectivity index (χ2v) is 5.76. The zero-order chi connectivity index (χ0) is 13.8. The SMILES string of the molecule is CNCC1CCCCN(C)C1c1cc(C)ccc1F. The number of hydrogen-bond acceptors (Lipinski definition) is 2. The van der Waals surface area contributed by atoms with Gasteiger partial charge in [0.1, 0.15) is 5.82 Å². The Kier molecular flexibility index (Phi) is 4.94. The molecule has 1 aromatic carbocycles. The van der Waals surface area contributed by atoms with Crippen LogP contribution in [0.2, 0.25) is 0 Å². The summed E-state index contributed by atoms with van der Waals surface area (Å²) in [5, 5.41) is 3.27. The number of nitrogens with zero attached hydrogens (tertiary/aromatic N) is 1. The molecule has 0 radical (unpaired) electrons. The summed E-state index contributed by atoms with van der Waals surface area (Å²) in [6, 6.07) is 5.67. The Balaban J connectivity index is 2.36. The molecule has 0 spiro atoms.